The van der Waals surface area contributed by atoms with Crippen molar-refractivity contribution in [2.75, 3.05) is 24.5 Å². The minimum atomic E-state index is -0.451. The smallest absolute Gasteiger partial charge is 0.260 e. The number of nitrogens with zero attached hydrogens (tertiary/aromatic N) is 3. The summed E-state index contributed by atoms with van der Waals surface area (Å²) in [5.41, 5.74) is 0.993. The minimum Gasteiger partial charge on any atom is -0.363 e. The molecule has 1 aromatic rings. The zero-order valence-electron chi connectivity index (χ0n) is 22.0. The zero-order chi connectivity index (χ0) is 26.0. The fourth-order valence-corrected chi connectivity index (χ4v) is 6.21. The molecule has 1 atom stereocenters. The predicted octanol–water partition coefficient (Wildman–Crippen LogP) is 8.08. The Bertz CT molecular complexity index is 981. The molecule has 1 aromatic heterocycles. The van der Waals surface area contributed by atoms with Crippen molar-refractivity contribution in [1.29, 1.82) is 0 Å². The number of anilines is 1. The first-order chi connectivity index (χ1) is 16.8. The van der Waals surface area contributed by atoms with Gasteiger partial charge in [0.25, 0.3) is 17.5 Å². The second kappa shape index (κ2) is 14.6. The van der Waals surface area contributed by atoms with Gasteiger partial charge in [0, 0.05) is 30.1 Å². The van der Waals surface area contributed by atoms with Crippen LogP contribution in [0.5, 0.6) is 0 Å². The molecule has 0 aliphatic carbocycles. The molecular weight excluding hydrogens is 522 g/mol. The molecule has 0 aromatic carbocycles. The van der Waals surface area contributed by atoms with E-state index < -0.39 is 5.91 Å². The quantitative estimate of drug-likeness (QED) is 0.131. The van der Waals surface area contributed by atoms with Crippen LogP contribution >= 0.6 is 27.3 Å². The maximum atomic E-state index is 13.5. The summed E-state index contributed by atoms with van der Waals surface area (Å²) in [6.07, 6.45) is 10.4. The standard InChI is InChI=1S/C28H40BrN3O2S/c1-7-11-14-21(10-4)19-32-26(33)23(20(5)25(30-6)27(32)34)17-22-18-24(29)28(35-22)31(15-12-8-2)16-13-9-3/h17-18,21H,7-16,19H2,1-5H3/b23-17+. The molecule has 0 saturated carbocycles. The van der Waals surface area contributed by atoms with Crippen LogP contribution in [0.25, 0.3) is 10.9 Å². The van der Waals surface area contributed by atoms with E-state index in [0.29, 0.717) is 17.7 Å². The third-order valence-corrected chi connectivity index (χ3v) is 8.61. The summed E-state index contributed by atoms with van der Waals surface area (Å²) >= 11 is 5.39. The summed E-state index contributed by atoms with van der Waals surface area (Å²) in [6.45, 7) is 20.4. The minimum absolute atomic E-state index is 0.0598. The van der Waals surface area contributed by atoms with E-state index in [-0.39, 0.29) is 17.5 Å². The fraction of sp³-hybridized carbons (Fsp3) is 0.607. The second-order valence-corrected chi connectivity index (χ2v) is 11.2. The molecule has 2 amide bonds. The van der Waals surface area contributed by atoms with Gasteiger partial charge in [0.15, 0.2) is 0 Å². The van der Waals surface area contributed by atoms with E-state index in [2.05, 4.69) is 53.4 Å². The van der Waals surface area contributed by atoms with Gasteiger partial charge in [-0.3, -0.25) is 14.5 Å². The highest BCUT2D eigenvalue weighted by Crippen LogP contribution is 2.39. The van der Waals surface area contributed by atoms with Crippen molar-refractivity contribution in [3.05, 3.63) is 43.7 Å². The third kappa shape index (κ3) is 7.54. The Labute approximate surface area is 224 Å². The Hall–Kier alpha value is -1.91. The second-order valence-electron chi connectivity index (χ2n) is 9.28. The SMILES string of the molecule is [C-]#[N+]C1=C(C)/C(=C\c2cc(Br)c(N(CCCC)CCCC)s2)C(=O)N(CC(CC)CCCC)C1=O. The number of carbonyl (C=O) groups excluding carboxylic acids is 2. The Kier molecular flexibility index (Phi) is 12.2. The molecule has 0 N–H and O–H groups in total. The highest BCUT2D eigenvalue weighted by atomic mass is 79.9. The number of amides is 2. The average molecular weight is 563 g/mol. The molecule has 1 aliphatic heterocycles. The molecule has 1 unspecified atom stereocenters. The summed E-state index contributed by atoms with van der Waals surface area (Å²) in [5.74, 6) is -0.481. The largest absolute Gasteiger partial charge is 0.363 e. The van der Waals surface area contributed by atoms with Gasteiger partial charge in [-0.15, -0.1) is 11.3 Å². The van der Waals surface area contributed by atoms with Crippen molar-refractivity contribution in [1.82, 2.24) is 4.90 Å². The van der Waals surface area contributed by atoms with Crippen molar-refractivity contribution in [3.63, 3.8) is 0 Å². The Balaban J connectivity index is 2.43. The number of halogens is 1. The first kappa shape index (κ1) is 29.3. The Morgan fingerprint density at radius 3 is 2.26 bits per heavy atom. The van der Waals surface area contributed by atoms with E-state index in [1.165, 1.54) is 9.90 Å². The number of hydrogen-bond acceptors (Lipinski definition) is 4. The van der Waals surface area contributed by atoms with Gasteiger partial charge in [0.05, 0.1) is 11.0 Å². The molecule has 0 bridgehead atoms. The van der Waals surface area contributed by atoms with Crippen LogP contribution in [-0.4, -0.2) is 36.3 Å². The van der Waals surface area contributed by atoms with Gasteiger partial charge in [-0.25, -0.2) is 4.85 Å². The fourth-order valence-electron chi connectivity index (χ4n) is 4.28. The van der Waals surface area contributed by atoms with Crippen molar-refractivity contribution in [3.8, 4) is 0 Å². The molecule has 0 spiro atoms. The monoisotopic (exact) mass is 561 g/mol. The van der Waals surface area contributed by atoms with Crippen LogP contribution in [0.15, 0.2) is 27.4 Å². The van der Waals surface area contributed by atoms with Crippen molar-refractivity contribution in [2.45, 2.75) is 86.0 Å². The van der Waals surface area contributed by atoms with E-state index in [1.807, 2.05) is 12.1 Å². The van der Waals surface area contributed by atoms with Crippen LogP contribution < -0.4 is 4.90 Å². The highest BCUT2D eigenvalue weighted by Gasteiger charge is 2.36. The van der Waals surface area contributed by atoms with Crippen molar-refractivity contribution < 1.29 is 9.59 Å². The molecule has 2 rings (SSSR count). The van der Waals surface area contributed by atoms with Gasteiger partial charge >= 0.3 is 0 Å². The Morgan fingerprint density at radius 2 is 1.71 bits per heavy atom. The maximum Gasteiger partial charge on any atom is 0.260 e. The van der Waals surface area contributed by atoms with Crippen molar-refractivity contribution >= 4 is 50.2 Å². The molecule has 1 aliphatic rings. The lowest BCUT2D eigenvalue weighted by Crippen LogP contribution is -2.44. The molecule has 192 valence electrons. The van der Waals surface area contributed by atoms with E-state index in [9.17, 15) is 9.59 Å². The van der Waals surface area contributed by atoms with Crippen LogP contribution in [0.4, 0.5) is 5.00 Å². The maximum absolute atomic E-state index is 13.5. The Morgan fingerprint density at radius 1 is 1.09 bits per heavy atom. The first-order valence-corrected chi connectivity index (χ1v) is 14.6. The number of thiophene rings is 1. The van der Waals surface area contributed by atoms with Crippen LogP contribution in [0.2, 0.25) is 0 Å². The number of carbonyl (C=O) groups is 2. The summed E-state index contributed by atoms with van der Waals surface area (Å²) in [7, 11) is 0. The van der Waals surface area contributed by atoms with E-state index in [0.717, 1.165) is 73.8 Å². The third-order valence-electron chi connectivity index (χ3n) is 6.60. The summed E-state index contributed by atoms with van der Waals surface area (Å²) < 4.78 is 1.02. The van der Waals surface area contributed by atoms with Gasteiger partial charge in [-0.2, -0.15) is 0 Å². The van der Waals surface area contributed by atoms with Gasteiger partial charge in [-0.1, -0.05) is 59.8 Å². The van der Waals surface area contributed by atoms with Gasteiger partial charge in [0.2, 0.25) is 0 Å². The lowest BCUT2D eigenvalue weighted by Gasteiger charge is -2.30. The first-order valence-electron chi connectivity index (χ1n) is 13.0. The number of hydrogen-bond donors (Lipinski definition) is 0. The lowest BCUT2D eigenvalue weighted by atomic mass is 9.94. The van der Waals surface area contributed by atoms with Gasteiger partial charge < -0.3 is 4.90 Å². The van der Waals surface area contributed by atoms with Crippen LogP contribution in [-0.2, 0) is 9.59 Å². The van der Waals surface area contributed by atoms with Crippen LogP contribution in [0.1, 0.15) is 90.9 Å². The van der Waals surface area contributed by atoms with E-state index >= 15 is 0 Å². The summed E-state index contributed by atoms with van der Waals surface area (Å²) in [4.78, 5) is 34.8. The van der Waals surface area contributed by atoms with Crippen LogP contribution in [0, 0.1) is 12.5 Å². The molecule has 0 fully saturated rings. The molecule has 2 heterocycles. The lowest BCUT2D eigenvalue weighted by molar-refractivity contribution is -0.141. The number of rotatable bonds is 14. The molecule has 0 radical (unpaired) electrons. The summed E-state index contributed by atoms with van der Waals surface area (Å²) in [6, 6.07) is 2.05. The molecular formula is C28H40BrN3O2S. The normalized spacial score (nSPS) is 16.3. The van der Waals surface area contributed by atoms with E-state index in [4.69, 9.17) is 6.57 Å². The number of unbranched alkanes of at least 4 members (excludes halogenated alkanes) is 3. The predicted molar refractivity (Wildman–Crippen MR) is 151 cm³/mol. The van der Waals surface area contributed by atoms with Gasteiger partial charge in [0.1, 0.15) is 5.00 Å². The van der Waals surface area contributed by atoms with E-state index in [1.54, 1.807) is 18.3 Å². The molecule has 0 saturated heterocycles. The molecule has 7 heteroatoms. The zero-order valence-corrected chi connectivity index (χ0v) is 24.4. The molecule has 35 heavy (non-hydrogen) atoms. The average Bonchev–Trinajstić information content (AvgIpc) is 3.21. The van der Waals surface area contributed by atoms with Gasteiger partial charge in [-0.05, 0) is 65.7 Å². The summed E-state index contributed by atoms with van der Waals surface area (Å²) in [5, 5.41) is 1.17. The number of imide groups is 1. The molecule has 5 nitrogen and oxygen atoms in total. The van der Waals surface area contributed by atoms with Crippen molar-refractivity contribution in [2.24, 2.45) is 5.92 Å². The van der Waals surface area contributed by atoms with Crippen LogP contribution in [0.3, 0.4) is 0 Å². The highest BCUT2D eigenvalue weighted by molar-refractivity contribution is 9.10. The topological polar surface area (TPSA) is 45.0 Å².